The predicted octanol–water partition coefficient (Wildman–Crippen LogP) is 0.818. The second kappa shape index (κ2) is 8.06. The van der Waals surface area contributed by atoms with Crippen molar-refractivity contribution in [3.05, 3.63) is 0 Å². The van der Waals surface area contributed by atoms with E-state index in [1.54, 1.807) is 0 Å². The molecule has 0 aliphatic heterocycles. The van der Waals surface area contributed by atoms with Gasteiger partial charge in [-0.3, -0.25) is 4.79 Å². The molecule has 0 aromatic carbocycles. The van der Waals surface area contributed by atoms with Crippen molar-refractivity contribution >= 4 is 11.9 Å². The van der Waals surface area contributed by atoms with Crippen LogP contribution in [0.15, 0.2) is 0 Å². The van der Waals surface area contributed by atoms with E-state index in [4.69, 9.17) is 5.73 Å². The lowest BCUT2D eigenvalue weighted by molar-refractivity contribution is -0.146. The molecule has 1 amide bonds. The minimum atomic E-state index is -0.596. The Kier molecular flexibility index (Phi) is 7.54. The van der Waals surface area contributed by atoms with Crippen molar-refractivity contribution in [2.24, 2.45) is 11.7 Å². The van der Waals surface area contributed by atoms with Crippen LogP contribution in [0.1, 0.15) is 40.0 Å². The summed E-state index contributed by atoms with van der Waals surface area (Å²) in [5, 5.41) is 2.66. The van der Waals surface area contributed by atoms with Gasteiger partial charge in [-0.2, -0.15) is 0 Å². The van der Waals surface area contributed by atoms with Gasteiger partial charge in [0.1, 0.15) is 6.04 Å². The molecule has 0 spiro atoms. The van der Waals surface area contributed by atoms with E-state index in [9.17, 15) is 9.59 Å². The summed E-state index contributed by atoms with van der Waals surface area (Å²) in [6.07, 6.45) is 1.99. The van der Waals surface area contributed by atoms with Crippen molar-refractivity contribution in [3.8, 4) is 0 Å². The first kappa shape index (κ1) is 15.9. The molecule has 0 radical (unpaired) electrons. The molecule has 0 fully saturated rings. The topological polar surface area (TPSA) is 81.4 Å². The van der Waals surface area contributed by atoms with Crippen LogP contribution in [0.2, 0.25) is 0 Å². The number of nitrogens with two attached hydrogens (primary N) is 1. The average Bonchev–Trinajstić information content (AvgIpc) is 2.24. The van der Waals surface area contributed by atoms with Gasteiger partial charge in [0.05, 0.1) is 7.11 Å². The Morgan fingerprint density at radius 3 is 2.35 bits per heavy atom. The Morgan fingerprint density at radius 1 is 1.35 bits per heavy atom. The van der Waals surface area contributed by atoms with Crippen molar-refractivity contribution in [3.63, 3.8) is 0 Å². The highest BCUT2D eigenvalue weighted by atomic mass is 16.5. The summed E-state index contributed by atoms with van der Waals surface area (Å²) < 4.78 is 4.64. The van der Waals surface area contributed by atoms with Gasteiger partial charge < -0.3 is 15.8 Å². The summed E-state index contributed by atoms with van der Waals surface area (Å²) in [5.74, 6) is -0.624. The van der Waals surface area contributed by atoms with Crippen LogP contribution in [-0.4, -0.2) is 31.1 Å². The van der Waals surface area contributed by atoms with Crippen molar-refractivity contribution in [2.75, 3.05) is 7.11 Å². The predicted molar refractivity (Wildman–Crippen MR) is 66.3 cm³/mol. The third-order valence-electron chi connectivity index (χ3n) is 2.55. The molecule has 5 nitrogen and oxygen atoms in total. The lowest BCUT2D eigenvalue weighted by Crippen LogP contribution is -2.46. The maximum atomic E-state index is 11.7. The van der Waals surface area contributed by atoms with Crippen LogP contribution in [0.3, 0.4) is 0 Å². The van der Waals surface area contributed by atoms with Crippen LogP contribution in [0.4, 0.5) is 0 Å². The fourth-order valence-electron chi connectivity index (χ4n) is 1.57. The smallest absolute Gasteiger partial charge is 0.328 e. The fraction of sp³-hybridized carbons (Fsp3) is 0.833. The maximum Gasteiger partial charge on any atom is 0.328 e. The molecule has 100 valence electrons. The Hall–Kier alpha value is -1.10. The van der Waals surface area contributed by atoms with E-state index in [0.717, 1.165) is 12.8 Å². The number of amides is 1. The number of rotatable bonds is 7. The van der Waals surface area contributed by atoms with Crippen LogP contribution < -0.4 is 11.1 Å². The summed E-state index contributed by atoms with van der Waals surface area (Å²) in [4.78, 5) is 23.1. The number of ether oxygens (including phenoxy) is 1. The number of hydrogen-bond donors (Lipinski definition) is 2. The van der Waals surface area contributed by atoms with E-state index < -0.39 is 12.0 Å². The third-order valence-corrected chi connectivity index (χ3v) is 2.55. The fourth-order valence-corrected chi connectivity index (χ4v) is 1.57. The molecule has 0 aliphatic carbocycles. The third kappa shape index (κ3) is 6.26. The molecule has 0 bridgehead atoms. The van der Waals surface area contributed by atoms with Gasteiger partial charge in [-0.15, -0.1) is 0 Å². The lowest BCUT2D eigenvalue weighted by Gasteiger charge is -2.20. The molecule has 1 unspecified atom stereocenters. The quantitative estimate of drug-likeness (QED) is 0.650. The van der Waals surface area contributed by atoms with E-state index in [-0.39, 0.29) is 24.3 Å². The molecule has 0 rings (SSSR count). The second-order valence-electron chi connectivity index (χ2n) is 4.57. The molecule has 0 saturated carbocycles. The Bertz CT molecular complexity index is 254. The molecule has 3 N–H and O–H groups in total. The first-order chi connectivity index (χ1) is 7.92. The van der Waals surface area contributed by atoms with Crippen LogP contribution in [-0.2, 0) is 14.3 Å². The molecule has 2 atom stereocenters. The average molecular weight is 244 g/mol. The number of carbonyl (C=O) groups excluding carboxylic acids is 2. The molecule has 0 aromatic rings. The van der Waals surface area contributed by atoms with Gasteiger partial charge in [0.15, 0.2) is 0 Å². The van der Waals surface area contributed by atoms with Crippen molar-refractivity contribution < 1.29 is 14.3 Å². The van der Waals surface area contributed by atoms with Crippen LogP contribution >= 0.6 is 0 Å². The Morgan fingerprint density at radius 2 is 1.94 bits per heavy atom. The lowest BCUT2D eigenvalue weighted by atomic mass is 10.0. The standard InChI is InChI=1S/C12H24N2O3/c1-5-6-9(13)7-10(15)14-11(8(2)3)12(16)17-4/h8-9,11H,5-7,13H2,1-4H3,(H,14,15)/t9?,11-/m0/s1. The SMILES string of the molecule is CCCC(N)CC(=O)N[C@H](C(=O)OC)C(C)C. The molecule has 5 heteroatoms. The number of methoxy groups -OCH3 is 1. The first-order valence-electron chi connectivity index (χ1n) is 6.05. The molecular weight excluding hydrogens is 220 g/mol. The van der Waals surface area contributed by atoms with Gasteiger partial charge in [-0.05, 0) is 12.3 Å². The van der Waals surface area contributed by atoms with E-state index in [0.29, 0.717) is 0 Å². The zero-order valence-corrected chi connectivity index (χ0v) is 11.2. The zero-order chi connectivity index (χ0) is 13.4. The summed E-state index contributed by atoms with van der Waals surface area (Å²) in [7, 11) is 1.31. The molecule has 0 saturated heterocycles. The van der Waals surface area contributed by atoms with E-state index in [2.05, 4.69) is 10.1 Å². The van der Waals surface area contributed by atoms with Crippen LogP contribution in [0, 0.1) is 5.92 Å². The number of hydrogen-bond acceptors (Lipinski definition) is 4. The van der Waals surface area contributed by atoms with Crippen LogP contribution in [0.5, 0.6) is 0 Å². The zero-order valence-electron chi connectivity index (χ0n) is 11.2. The first-order valence-corrected chi connectivity index (χ1v) is 6.05. The van der Waals surface area contributed by atoms with Crippen LogP contribution in [0.25, 0.3) is 0 Å². The molecule has 0 heterocycles. The second-order valence-corrected chi connectivity index (χ2v) is 4.57. The number of esters is 1. The molecule has 17 heavy (non-hydrogen) atoms. The summed E-state index contributed by atoms with van der Waals surface area (Å²) in [5.41, 5.74) is 5.77. The van der Waals surface area contributed by atoms with E-state index in [1.165, 1.54) is 7.11 Å². The van der Waals surface area contributed by atoms with Gasteiger partial charge >= 0.3 is 5.97 Å². The van der Waals surface area contributed by atoms with Crippen molar-refractivity contribution in [1.29, 1.82) is 0 Å². The Balaban J connectivity index is 4.27. The largest absolute Gasteiger partial charge is 0.467 e. The summed E-state index contributed by atoms with van der Waals surface area (Å²) >= 11 is 0. The highest BCUT2D eigenvalue weighted by Crippen LogP contribution is 2.05. The molecule has 0 aromatic heterocycles. The van der Waals surface area contributed by atoms with Gasteiger partial charge in [0.2, 0.25) is 5.91 Å². The van der Waals surface area contributed by atoms with Gasteiger partial charge in [0.25, 0.3) is 0 Å². The van der Waals surface area contributed by atoms with E-state index >= 15 is 0 Å². The normalized spacial score (nSPS) is 14.2. The van der Waals surface area contributed by atoms with E-state index in [1.807, 2.05) is 20.8 Å². The van der Waals surface area contributed by atoms with Gasteiger partial charge in [-0.25, -0.2) is 4.79 Å². The minimum absolute atomic E-state index is 0.00574. The van der Waals surface area contributed by atoms with Crippen molar-refractivity contribution in [1.82, 2.24) is 5.32 Å². The maximum absolute atomic E-state index is 11.7. The highest BCUT2D eigenvalue weighted by Gasteiger charge is 2.25. The van der Waals surface area contributed by atoms with Gasteiger partial charge in [-0.1, -0.05) is 27.2 Å². The van der Waals surface area contributed by atoms with Gasteiger partial charge in [0, 0.05) is 12.5 Å². The monoisotopic (exact) mass is 244 g/mol. The number of nitrogens with one attached hydrogen (secondary N) is 1. The molecule has 0 aliphatic rings. The van der Waals surface area contributed by atoms with Crippen molar-refractivity contribution in [2.45, 2.75) is 52.1 Å². The minimum Gasteiger partial charge on any atom is -0.467 e. The summed E-state index contributed by atoms with van der Waals surface area (Å²) in [6.45, 7) is 5.73. The molecular formula is C12H24N2O3. The highest BCUT2D eigenvalue weighted by molar-refractivity contribution is 5.84. The number of carbonyl (C=O) groups is 2. The Labute approximate surface area is 103 Å². The summed E-state index contributed by atoms with van der Waals surface area (Å²) in [6, 6.07) is -0.744.